The van der Waals surface area contributed by atoms with Crippen molar-refractivity contribution >= 4 is 50.9 Å². The molecule has 30 heavy (non-hydrogen) atoms. The zero-order valence-corrected chi connectivity index (χ0v) is 18.2. The standard InChI is InChI=1S/C23H17BrClNO4/c1-14(21(27)16-4-2-6-19(25)12-16)30-23(29)17-5-3-7-20(13-17)26-22(28)15-8-10-18(24)11-9-15/h2-14H,1H3,(H,26,28)/t14-/m1/s1. The van der Waals surface area contributed by atoms with Crippen LogP contribution in [0.2, 0.25) is 5.02 Å². The average molecular weight is 487 g/mol. The number of nitrogens with one attached hydrogen (secondary N) is 1. The van der Waals surface area contributed by atoms with Crippen molar-refractivity contribution in [3.8, 4) is 0 Å². The minimum absolute atomic E-state index is 0.217. The van der Waals surface area contributed by atoms with Crippen LogP contribution < -0.4 is 5.32 Å². The van der Waals surface area contributed by atoms with Crippen molar-refractivity contribution in [1.29, 1.82) is 0 Å². The van der Waals surface area contributed by atoms with Gasteiger partial charge in [-0.25, -0.2) is 4.79 Å². The van der Waals surface area contributed by atoms with E-state index in [1.165, 1.54) is 19.1 Å². The molecule has 0 aromatic heterocycles. The smallest absolute Gasteiger partial charge is 0.338 e. The Kier molecular flexibility index (Phi) is 7.03. The fourth-order valence-corrected chi connectivity index (χ4v) is 3.14. The molecule has 152 valence electrons. The Bertz CT molecular complexity index is 1100. The summed E-state index contributed by atoms with van der Waals surface area (Å²) >= 11 is 9.23. The van der Waals surface area contributed by atoms with Crippen LogP contribution in [-0.2, 0) is 4.74 Å². The van der Waals surface area contributed by atoms with Crippen LogP contribution in [0, 0.1) is 0 Å². The summed E-state index contributed by atoms with van der Waals surface area (Å²) in [7, 11) is 0. The average Bonchev–Trinajstić information content (AvgIpc) is 2.73. The van der Waals surface area contributed by atoms with Gasteiger partial charge in [-0.2, -0.15) is 0 Å². The number of ketones is 1. The van der Waals surface area contributed by atoms with E-state index < -0.39 is 12.1 Å². The van der Waals surface area contributed by atoms with E-state index in [1.807, 2.05) is 0 Å². The highest BCUT2D eigenvalue weighted by atomic mass is 79.9. The van der Waals surface area contributed by atoms with Gasteiger partial charge in [0.15, 0.2) is 6.10 Å². The van der Waals surface area contributed by atoms with E-state index in [0.29, 0.717) is 21.8 Å². The normalized spacial score (nSPS) is 11.4. The minimum Gasteiger partial charge on any atom is -0.451 e. The van der Waals surface area contributed by atoms with E-state index in [0.717, 1.165) is 4.47 Å². The third kappa shape index (κ3) is 5.55. The van der Waals surface area contributed by atoms with Gasteiger partial charge in [0.2, 0.25) is 5.78 Å². The molecule has 0 heterocycles. The highest BCUT2D eigenvalue weighted by molar-refractivity contribution is 9.10. The molecule has 0 aliphatic rings. The highest BCUT2D eigenvalue weighted by Gasteiger charge is 2.21. The molecule has 0 aliphatic heterocycles. The Morgan fingerprint density at radius 1 is 0.900 bits per heavy atom. The van der Waals surface area contributed by atoms with Crippen LogP contribution in [0.15, 0.2) is 77.3 Å². The van der Waals surface area contributed by atoms with Gasteiger partial charge in [-0.3, -0.25) is 9.59 Å². The van der Waals surface area contributed by atoms with Crippen LogP contribution in [0.25, 0.3) is 0 Å². The first-order valence-electron chi connectivity index (χ1n) is 9.01. The summed E-state index contributed by atoms with van der Waals surface area (Å²) in [5, 5.41) is 3.16. The lowest BCUT2D eigenvalue weighted by atomic mass is 10.1. The zero-order valence-electron chi connectivity index (χ0n) is 15.9. The van der Waals surface area contributed by atoms with Gasteiger partial charge >= 0.3 is 5.97 Å². The van der Waals surface area contributed by atoms with E-state index in [1.54, 1.807) is 60.7 Å². The van der Waals surface area contributed by atoms with Crippen LogP contribution in [-0.4, -0.2) is 23.8 Å². The molecule has 0 bridgehead atoms. The van der Waals surface area contributed by atoms with Gasteiger partial charge in [-0.15, -0.1) is 0 Å². The van der Waals surface area contributed by atoms with Crippen LogP contribution >= 0.6 is 27.5 Å². The molecule has 3 rings (SSSR count). The van der Waals surface area contributed by atoms with Crippen molar-refractivity contribution in [2.24, 2.45) is 0 Å². The molecule has 7 heteroatoms. The lowest BCUT2D eigenvalue weighted by Crippen LogP contribution is -2.24. The molecule has 0 saturated heterocycles. The Morgan fingerprint density at radius 2 is 1.57 bits per heavy atom. The minimum atomic E-state index is -0.989. The number of ether oxygens (including phenoxy) is 1. The molecule has 0 unspecified atom stereocenters. The molecule has 0 fully saturated rings. The number of Topliss-reactive ketones (excluding diaryl/α,β-unsaturated/α-hetero) is 1. The largest absolute Gasteiger partial charge is 0.451 e. The Morgan fingerprint density at radius 3 is 2.27 bits per heavy atom. The number of rotatable bonds is 6. The first-order valence-corrected chi connectivity index (χ1v) is 10.2. The van der Waals surface area contributed by atoms with Gasteiger partial charge in [0.1, 0.15) is 0 Å². The van der Waals surface area contributed by atoms with Gasteiger partial charge in [0.25, 0.3) is 5.91 Å². The molecule has 0 radical (unpaired) electrons. The van der Waals surface area contributed by atoms with Crippen molar-refractivity contribution in [2.75, 3.05) is 5.32 Å². The lowest BCUT2D eigenvalue weighted by Gasteiger charge is -2.13. The van der Waals surface area contributed by atoms with Gasteiger partial charge in [0.05, 0.1) is 5.56 Å². The summed E-state index contributed by atoms with van der Waals surface area (Å²) in [5.41, 5.74) is 1.49. The predicted octanol–water partition coefficient (Wildman–Crippen LogP) is 5.78. The van der Waals surface area contributed by atoms with Gasteiger partial charge in [-0.05, 0) is 61.5 Å². The van der Waals surface area contributed by atoms with E-state index in [9.17, 15) is 14.4 Å². The maximum Gasteiger partial charge on any atom is 0.338 e. The van der Waals surface area contributed by atoms with Crippen molar-refractivity contribution in [2.45, 2.75) is 13.0 Å². The molecule has 1 amide bonds. The van der Waals surface area contributed by atoms with E-state index >= 15 is 0 Å². The molecule has 0 spiro atoms. The summed E-state index contributed by atoms with van der Waals surface area (Å²) < 4.78 is 6.17. The first-order chi connectivity index (χ1) is 14.3. The fourth-order valence-electron chi connectivity index (χ4n) is 2.69. The molecule has 1 atom stereocenters. The third-order valence-corrected chi connectivity index (χ3v) is 4.99. The topological polar surface area (TPSA) is 72.5 Å². The molecule has 5 nitrogen and oxygen atoms in total. The van der Waals surface area contributed by atoms with E-state index in [2.05, 4.69) is 21.2 Å². The molecular formula is C23H17BrClNO4. The van der Waals surface area contributed by atoms with Crippen molar-refractivity contribution in [3.63, 3.8) is 0 Å². The predicted molar refractivity (Wildman–Crippen MR) is 119 cm³/mol. The molecule has 0 aliphatic carbocycles. The number of esters is 1. The van der Waals surface area contributed by atoms with Crippen LogP contribution in [0.5, 0.6) is 0 Å². The van der Waals surface area contributed by atoms with Gasteiger partial charge < -0.3 is 10.1 Å². The second-order valence-corrected chi connectivity index (χ2v) is 7.82. The Balaban J connectivity index is 1.67. The van der Waals surface area contributed by atoms with Gasteiger partial charge in [0, 0.05) is 26.3 Å². The number of hydrogen-bond donors (Lipinski definition) is 1. The van der Waals surface area contributed by atoms with Gasteiger partial charge in [-0.1, -0.05) is 45.7 Å². The number of carbonyl (C=O) groups excluding carboxylic acids is 3. The maximum atomic E-state index is 12.5. The lowest BCUT2D eigenvalue weighted by molar-refractivity contribution is 0.0319. The number of anilines is 1. The third-order valence-electron chi connectivity index (χ3n) is 4.22. The molecule has 3 aromatic carbocycles. The van der Waals surface area contributed by atoms with E-state index in [4.69, 9.17) is 16.3 Å². The van der Waals surface area contributed by atoms with Crippen molar-refractivity contribution < 1.29 is 19.1 Å². The summed E-state index contributed by atoms with van der Waals surface area (Å²) in [6, 6.07) is 19.7. The molecule has 1 N–H and O–H groups in total. The first kappa shape index (κ1) is 21.7. The summed E-state index contributed by atoms with van der Waals surface area (Å²) in [4.78, 5) is 37.3. The monoisotopic (exact) mass is 485 g/mol. The van der Waals surface area contributed by atoms with Crippen molar-refractivity contribution in [1.82, 2.24) is 0 Å². The van der Waals surface area contributed by atoms with E-state index in [-0.39, 0.29) is 17.3 Å². The second-order valence-electron chi connectivity index (χ2n) is 6.46. The summed E-state index contributed by atoms with van der Waals surface area (Å²) in [6.07, 6.45) is -0.989. The van der Waals surface area contributed by atoms with Crippen LogP contribution in [0.3, 0.4) is 0 Å². The van der Waals surface area contributed by atoms with Crippen LogP contribution in [0.1, 0.15) is 38.0 Å². The fraction of sp³-hybridized carbons (Fsp3) is 0.0870. The zero-order chi connectivity index (χ0) is 21.7. The van der Waals surface area contributed by atoms with Crippen LogP contribution in [0.4, 0.5) is 5.69 Å². The highest BCUT2D eigenvalue weighted by Crippen LogP contribution is 2.17. The SMILES string of the molecule is C[C@@H](OC(=O)c1cccc(NC(=O)c2ccc(Br)cc2)c1)C(=O)c1cccc(Cl)c1. The number of carbonyl (C=O) groups is 3. The second kappa shape index (κ2) is 9.69. The maximum absolute atomic E-state index is 12.5. The molecule has 0 saturated carbocycles. The number of hydrogen-bond acceptors (Lipinski definition) is 4. The molecule has 3 aromatic rings. The number of halogens is 2. The summed E-state index contributed by atoms with van der Waals surface area (Å²) in [5.74, 6) is -1.33. The number of amides is 1. The Hall–Kier alpha value is -2.96. The molecular weight excluding hydrogens is 470 g/mol. The number of benzene rings is 3. The quantitative estimate of drug-likeness (QED) is 0.354. The Labute approximate surface area is 187 Å². The summed E-state index contributed by atoms with van der Waals surface area (Å²) in [6.45, 7) is 1.50. The van der Waals surface area contributed by atoms with Crippen molar-refractivity contribution in [3.05, 3.63) is 99.0 Å².